The molecule has 0 fully saturated rings. The van der Waals surface area contributed by atoms with E-state index in [9.17, 15) is 17.6 Å². The standard InChI is InChI=1S/C27H30FN3O7S2/c1-5-36-23-14-17(15-24(37-6-2)25(23)38-7-3)26(32)30-27(39)29-19-10-13-22(35-4)21(16-19)31-40(33,34)20-11-8-18(28)9-12-20/h8-16,31H,5-7H2,1-4H3,(H2,29,30,32,39). The van der Waals surface area contributed by atoms with E-state index in [2.05, 4.69) is 15.4 Å². The van der Waals surface area contributed by atoms with Crippen LogP contribution >= 0.6 is 12.2 Å². The van der Waals surface area contributed by atoms with Gasteiger partial charge in [-0.3, -0.25) is 14.8 Å². The highest BCUT2D eigenvalue weighted by atomic mass is 32.2. The maximum atomic E-state index is 13.2. The predicted octanol–water partition coefficient (Wildman–Crippen LogP) is 4.96. The third kappa shape index (κ3) is 7.73. The van der Waals surface area contributed by atoms with Gasteiger partial charge in [0.2, 0.25) is 5.75 Å². The number of carbonyl (C=O) groups excluding carboxylic acids is 1. The molecule has 214 valence electrons. The minimum Gasteiger partial charge on any atom is -0.495 e. The molecule has 0 aliphatic rings. The Morgan fingerprint density at radius 1 is 0.875 bits per heavy atom. The van der Waals surface area contributed by atoms with Gasteiger partial charge in [0, 0.05) is 11.3 Å². The van der Waals surface area contributed by atoms with Crippen molar-refractivity contribution in [2.24, 2.45) is 0 Å². The first-order chi connectivity index (χ1) is 19.1. The van der Waals surface area contributed by atoms with Gasteiger partial charge in [0.15, 0.2) is 16.6 Å². The normalized spacial score (nSPS) is 10.8. The number of carbonyl (C=O) groups is 1. The molecule has 0 saturated heterocycles. The van der Waals surface area contributed by atoms with Crippen molar-refractivity contribution < 1.29 is 36.6 Å². The summed E-state index contributed by atoms with van der Waals surface area (Å²) in [6, 6.07) is 12.0. The van der Waals surface area contributed by atoms with Crippen LogP contribution in [0, 0.1) is 5.82 Å². The molecule has 0 aliphatic heterocycles. The first-order valence-electron chi connectivity index (χ1n) is 12.3. The fourth-order valence-corrected chi connectivity index (χ4v) is 4.81. The number of hydrogen-bond donors (Lipinski definition) is 3. The van der Waals surface area contributed by atoms with Crippen molar-refractivity contribution in [1.82, 2.24) is 5.32 Å². The van der Waals surface area contributed by atoms with Gasteiger partial charge in [0.05, 0.1) is 37.5 Å². The van der Waals surface area contributed by atoms with Gasteiger partial charge in [-0.05, 0) is 87.6 Å². The average molecular weight is 592 g/mol. The zero-order chi connectivity index (χ0) is 29.3. The third-order valence-corrected chi connectivity index (χ3v) is 6.81. The molecule has 0 atom stereocenters. The molecule has 13 heteroatoms. The Morgan fingerprint density at radius 3 is 2.02 bits per heavy atom. The van der Waals surface area contributed by atoms with Crippen molar-refractivity contribution in [2.75, 3.05) is 37.0 Å². The average Bonchev–Trinajstić information content (AvgIpc) is 2.90. The van der Waals surface area contributed by atoms with E-state index in [1.165, 1.54) is 31.4 Å². The van der Waals surface area contributed by atoms with Crippen LogP contribution in [0.1, 0.15) is 31.1 Å². The fraction of sp³-hybridized carbons (Fsp3) is 0.259. The van der Waals surface area contributed by atoms with Crippen LogP contribution < -0.4 is 34.3 Å². The van der Waals surface area contributed by atoms with Crippen molar-refractivity contribution in [3.8, 4) is 23.0 Å². The molecule has 40 heavy (non-hydrogen) atoms. The van der Waals surface area contributed by atoms with E-state index >= 15 is 0 Å². The lowest BCUT2D eigenvalue weighted by Gasteiger charge is -2.17. The lowest BCUT2D eigenvalue weighted by molar-refractivity contribution is 0.0976. The number of hydrogen-bond acceptors (Lipinski definition) is 8. The molecule has 3 rings (SSSR count). The molecular formula is C27H30FN3O7S2. The topological polar surface area (TPSA) is 124 Å². The second-order valence-corrected chi connectivity index (χ2v) is 10.1. The monoisotopic (exact) mass is 591 g/mol. The Balaban J connectivity index is 1.79. The molecule has 0 bridgehead atoms. The zero-order valence-corrected chi connectivity index (χ0v) is 24.0. The fourth-order valence-electron chi connectivity index (χ4n) is 3.54. The molecule has 0 heterocycles. The summed E-state index contributed by atoms with van der Waals surface area (Å²) < 4.78 is 63.5. The van der Waals surface area contributed by atoms with E-state index < -0.39 is 21.7 Å². The van der Waals surface area contributed by atoms with Crippen molar-refractivity contribution >= 4 is 44.6 Å². The van der Waals surface area contributed by atoms with E-state index in [0.717, 1.165) is 24.3 Å². The summed E-state index contributed by atoms with van der Waals surface area (Å²) in [5, 5.41) is 5.39. The van der Waals surface area contributed by atoms with Crippen LogP contribution in [-0.4, -0.2) is 46.4 Å². The van der Waals surface area contributed by atoms with Gasteiger partial charge in [0.25, 0.3) is 15.9 Å². The highest BCUT2D eigenvalue weighted by molar-refractivity contribution is 7.92. The molecule has 3 aromatic carbocycles. The van der Waals surface area contributed by atoms with Crippen LogP contribution in [0.15, 0.2) is 59.5 Å². The van der Waals surface area contributed by atoms with Gasteiger partial charge in [-0.15, -0.1) is 0 Å². The van der Waals surface area contributed by atoms with Crippen molar-refractivity contribution in [3.63, 3.8) is 0 Å². The minimum atomic E-state index is -4.05. The number of sulfonamides is 1. The molecular weight excluding hydrogens is 561 g/mol. The molecule has 0 spiro atoms. The smallest absolute Gasteiger partial charge is 0.262 e. The van der Waals surface area contributed by atoms with Gasteiger partial charge in [-0.2, -0.15) is 0 Å². The van der Waals surface area contributed by atoms with Gasteiger partial charge < -0.3 is 24.3 Å². The largest absolute Gasteiger partial charge is 0.495 e. The van der Waals surface area contributed by atoms with Crippen LogP contribution in [0.25, 0.3) is 0 Å². The number of nitrogens with one attached hydrogen (secondary N) is 3. The number of amides is 1. The molecule has 0 radical (unpaired) electrons. The van der Waals surface area contributed by atoms with E-state index in [0.29, 0.717) is 42.8 Å². The number of benzene rings is 3. The molecule has 10 nitrogen and oxygen atoms in total. The summed E-state index contributed by atoms with van der Waals surface area (Å²) >= 11 is 5.32. The summed E-state index contributed by atoms with van der Waals surface area (Å²) in [4.78, 5) is 12.9. The highest BCUT2D eigenvalue weighted by Crippen LogP contribution is 2.39. The number of halogens is 1. The van der Waals surface area contributed by atoms with Crippen molar-refractivity contribution in [2.45, 2.75) is 25.7 Å². The van der Waals surface area contributed by atoms with Gasteiger partial charge in [-0.1, -0.05) is 0 Å². The number of rotatable bonds is 12. The Bertz CT molecular complexity index is 1440. The Morgan fingerprint density at radius 2 is 1.48 bits per heavy atom. The van der Waals surface area contributed by atoms with Gasteiger partial charge in [-0.25, -0.2) is 12.8 Å². The second-order valence-electron chi connectivity index (χ2n) is 7.98. The summed E-state index contributed by atoms with van der Waals surface area (Å²) in [5.41, 5.74) is 0.682. The highest BCUT2D eigenvalue weighted by Gasteiger charge is 2.20. The number of thiocarbonyl (C=S) groups is 1. The van der Waals surface area contributed by atoms with Crippen LogP contribution in [0.4, 0.5) is 15.8 Å². The van der Waals surface area contributed by atoms with Crippen molar-refractivity contribution in [3.05, 3.63) is 66.0 Å². The van der Waals surface area contributed by atoms with Crippen molar-refractivity contribution in [1.29, 1.82) is 0 Å². The van der Waals surface area contributed by atoms with E-state index in [4.69, 9.17) is 31.2 Å². The summed E-state index contributed by atoms with van der Waals surface area (Å²) in [7, 11) is -2.67. The molecule has 3 aromatic rings. The van der Waals surface area contributed by atoms with E-state index in [-0.39, 0.29) is 27.0 Å². The first kappa shape index (κ1) is 30.4. The van der Waals surface area contributed by atoms with Gasteiger partial charge in [0.1, 0.15) is 11.6 Å². The van der Waals surface area contributed by atoms with Crippen LogP contribution in [-0.2, 0) is 10.0 Å². The lowest BCUT2D eigenvalue weighted by Crippen LogP contribution is -2.34. The van der Waals surface area contributed by atoms with E-state index in [1.54, 1.807) is 6.07 Å². The predicted molar refractivity (Wildman–Crippen MR) is 154 cm³/mol. The second kappa shape index (κ2) is 13.8. The molecule has 0 aliphatic carbocycles. The number of methoxy groups -OCH3 is 1. The number of ether oxygens (including phenoxy) is 4. The summed E-state index contributed by atoms with van der Waals surface area (Å²) in [6.45, 7) is 6.52. The van der Waals surface area contributed by atoms with Crippen LogP contribution in [0.3, 0.4) is 0 Å². The van der Waals surface area contributed by atoms with Crippen LogP contribution in [0.2, 0.25) is 0 Å². The molecule has 3 N–H and O–H groups in total. The Hall–Kier alpha value is -4.10. The quantitative estimate of drug-likeness (QED) is 0.251. The summed E-state index contributed by atoms with van der Waals surface area (Å²) in [6.07, 6.45) is 0. The van der Waals surface area contributed by atoms with E-state index in [1.807, 2.05) is 20.8 Å². The third-order valence-electron chi connectivity index (χ3n) is 5.22. The SMILES string of the molecule is CCOc1cc(C(=O)NC(=S)Nc2ccc(OC)c(NS(=O)(=O)c3ccc(F)cc3)c2)cc(OCC)c1OCC. The molecule has 0 aromatic heterocycles. The maximum Gasteiger partial charge on any atom is 0.262 e. The molecule has 1 amide bonds. The Labute approximate surface area is 237 Å². The minimum absolute atomic E-state index is 0.0488. The summed E-state index contributed by atoms with van der Waals surface area (Å²) in [5.74, 6) is 0.241. The number of anilines is 2. The Kier molecular flexibility index (Phi) is 10.5. The zero-order valence-electron chi connectivity index (χ0n) is 22.4. The first-order valence-corrected chi connectivity index (χ1v) is 14.2. The van der Waals surface area contributed by atoms with Crippen LogP contribution in [0.5, 0.6) is 23.0 Å². The lowest BCUT2D eigenvalue weighted by atomic mass is 10.1. The molecule has 0 unspecified atom stereocenters. The molecule has 0 saturated carbocycles. The maximum absolute atomic E-state index is 13.2. The van der Waals surface area contributed by atoms with Gasteiger partial charge >= 0.3 is 0 Å².